The summed E-state index contributed by atoms with van der Waals surface area (Å²) in [5.41, 5.74) is 0.760. The minimum atomic E-state index is -2.50. The van der Waals surface area contributed by atoms with Crippen LogP contribution in [0.2, 0.25) is 0 Å². The zero-order valence-corrected chi connectivity index (χ0v) is 12.1. The van der Waals surface area contributed by atoms with Crippen molar-refractivity contribution in [2.45, 2.75) is 19.3 Å². The van der Waals surface area contributed by atoms with E-state index in [9.17, 15) is 13.6 Å². The third-order valence-electron chi connectivity index (χ3n) is 2.40. The average Bonchev–Trinajstić information content (AvgIpc) is 2.35. The van der Waals surface area contributed by atoms with Crippen molar-refractivity contribution in [2.75, 3.05) is 20.3 Å². The van der Waals surface area contributed by atoms with Crippen molar-refractivity contribution in [2.24, 2.45) is 0 Å². The number of Topliss-reactive ketones (excluding diaryl/α,β-unsaturated/α-hetero) is 1. The summed E-state index contributed by atoms with van der Waals surface area (Å²) in [7, 11) is 1.53. The summed E-state index contributed by atoms with van der Waals surface area (Å²) in [5.74, 6) is 0.552. The molecule has 0 bridgehead atoms. The van der Waals surface area contributed by atoms with Gasteiger partial charge in [-0.05, 0) is 18.2 Å². The van der Waals surface area contributed by atoms with Gasteiger partial charge in [-0.1, -0.05) is 15.9 Å². The van der Waals surface area contributed by atoms with Crippen LogP contribution < -0.4 is 4.74 Å². The fourth-order valence-corrected chi connectivity index (χ4v) is 1.95. The largest absolute Gasteiger partial charge is 0.496 e. The van der Waals surface area contributed by atoms with E-state index in [1.807, 2.05) is 6.07 Å². The van der Waals surface area contributed by atoms with Crippen LogP contribution in [0.15, 0.2) is 22.7 Å². The number of carbonyl (C=O) groups is 1. The number of methoxy groups -OCH3 is 1. The van der Waals surface area contributed by atoms with E-state index in [2.05, 4.69) is 20.7 Å². The number of ether oxygens (including phenoxy) is 2. The Hall–Kier alpha value is -1.01. The van der Waals surface area contributed by atoms with Crippen LogP contribution in [0.25, 0.3) is 0 Å². The molecule has 1 rings (SSSR count). The number of alkyl halides is 2. The topological polar surface area (TPSA) is 35.5 Å². The maximum absolute atomic E-state index is 11.8. The van der Waals surface area contributed by atoms with Gasteiger partial charge in [-0.15, -0.1) is 0 Å². The van der Waals surface area contributed by atoms with Crippen LogP contribution in [0.4, 0.5) is 8.78 Å². The Bertz CT molecular complexity index is 424. The van der Waals surface area contributed by atoms with Gasteiger partial charge < -0.3 is 9.47 Å². The van der Waals surface area contributed by atoms with Crippen LogP contribution in [0.1, 0.15) is 12.0 Å². The first-order valence-corrected chi connectivity index (χ1v) is 6.52. The fraction of sp³-hybridized carbons (Fsp3) is 0.462. The van der Waals surface area contributed by atoms with Gasteiger partial charge in [-0.25, -0.2) is 8.78 Å². The van der Waals surface area contributed by atoms with E-state index in [1.165, 1.54) is 7.11 Å². The van der Waals surface area contributed by atoms with Gasteiger partial charge in [0.15, 0.2) is 0 Å². The highest BCUT2D eigenvalue weighted by atomic mass is 79.9. The van der Waals surface area contributed by atoms with Crippen molar-refractivity contribution >= 4 is 21.7 Å². The molecule has 0 radical (unpaired) electrons. The maximum atomic E-state index is 11.8. The quantitative estimate of drug-likeness (QED) is 0.683. The summed E-state index contributed by atoms with van der Waals surface area (Å²) in [6.07, 6.45) is -2.19. The number of hydrogen-bond donors (Lipinski definition) is 0. The van der Waals surface area contributed by atoms with Gasteiger partial charge in [0, 0.05) is 22.9 Å². The minimum absolute atomic E-state index is 0.0134. The van der Waals surface area contributed by atoms with Crippen molar-refractivity contribution in [3.05, 3.63) is 28.2 Å². The van der Waals surface area contributed by atoms with Crippen LogP contribution in [-0.2, 0) is 16.0 Å². The zero-order valence-electron chi connectivity index (χ0n) is 10.5. The number of rotatable bonds is 8. The molecule has 6 heteroatoms. The molecule has 3 nitrogen and oxygen atoms in total. The molecule has 0 fully saturated rings. The minimum Gasteiger partial charge on any atom is -0.496 e. The van der Waals surface area contributed by atoms with E-state index in [1.54, 1.807) is 12.1 Å². The number of hydrogen-bond acceptors (Lipinski definition) is 3. The second-order valence-electron chi connectivity index (χ2n) is 3.89. The molecule has 0 aliphatic carbocycles. The van der Waals surface area contributed by atoms with E-state index in [4.69, 9.17) is 4.74 Å². The smallest absolute Gasteiger partial charge is 0.261 e. The Morgan fingerprint density at radius 3 is 2.79 bits per heavy atom. The molecule has 0 unspecified atom stereocenters. The maximum Gasteiger partial charge on any atom is 0.261 e. The average molecular weight is 337 g/mol. The summed E-state index contributed by atoms with van der Waals surface area (Å²) in [4.78, 5) is 11.7. The van der Waals surface area contributed by atoms with Gasteiger partial charge in [0.1, 0.15) is 18.1 Å². The van der Waals surface area contributed by atoms with Crippen molar-refractivity contribution in [1.82, 2.24) is 0 Å². The predicted octanol–water partition coefficient (Wildman–Crippen LogP) is 3.24. The summed E-state index contributed by atoms with van der Waals surface area (Å²) >= 11 is 3.32. The lowest BCUT2D eigenvalue weighted by atomic mass is 10.1. The molecule has 0 N–H and O–H groups in total. The third kappa shape index (κ3) is 6.11. The van der Waals surface area contributed by atoms with Crippen LogP contribution in [0.3, 0.4) is 0 Å². The molecule has 0 amide bonds. The molecule has 0 spiro atoms. The number of halogens is 3. The van der Waals surface area contributed by atoms with Gasteiger partial charge in [0.2, 0.25) is 0 Å². The standard InChI is InChI=1S/C13H15BrF2O3/c1-18-12-3-2-10(14)6-9(12)7-11(17)4-5-19-8-13(15)16/h2-3,6,13H,4-5,7-8H2,1H3. The van der Waals surface area contributed by atoms with Crippen LogP contribution in [0.5, 0.6) is 5.75 Å². The molecule has 0 aliphatic heterocycles. The molecule has 106 valence electrons. The highest BCUT2D eigenvalue weighted by Gasteiger charge is 2.10. The van der Waals surface area contributed by atoms with Crippen LogP contribution in [0, 0.1) is 0 Å². The van der Waals surface area contributed by atoms with Crippen molar-refractivity contribution in [1.29, 1.82) is 0 Å². The highest BCUT2D eigenvalue weighted by Crippen LogP contribution is 2.23. The number of carbonyl (C=O) groups excluding carboxylic acids is 1. The summed E-state index contributed by atoms with van der Waals surface area (Å²) in [5, 5.41) is 0. The van der Waals surface area contributed by atoms with E-state index in [0.29, 0.717) is 5.75 Å². The molecule has 0 aromatic heterocycles. The van der Waals surface area contributed by atoms with Crippen molar-refractivity contribution < 1.29 is 23.0 Å². The van der Waals surface area contributed by atoms with E-state index in [0.717, 1.165) is 10.0 Å². The molecule has 1 aromatic rings. The van der Waals surface area contributed by atoms with Crippen molar-refractivity contribution in [3.63, 3.8) is 0 Å². The van der Waals surface area contributed by atoms with Gasteiger partial charge >= 0.3 is 0 Å². The Morgan fingerprint density at radius 2 is 2.16 bits per heavy atom. The number of benzene rings is 1. The second kappa shape index (κ2) is 8.22. The SMILES string of the molecule is COc1ccc(Br)cc1CC(=O)CCOCC(F)F. The fourth-order valence-electron chi connectivity index (χ4n) is 1.54. The molecule has 0 saturated carbocycles. The van der Waals surface area contributed by atoms with Crippen molar-refractivity contribution in [3.8, 4) is 5.75 Å². The van der Waals surface area contributed by atoms with E-state index in [-0.39, 0.29) is 25.2 Å². The molecule has 0 atom stereocenters. The lowest BCUT2D eigenvalue weighted by Crippen LogP contribution is -2.11. The predicted molar refractivity (Wildman–Crippen MR) is 70.8 cm³/mol. The van der Waals surface area contributed by atoms with E-state index >= 15 is 0 Å². The third-order valence-corrected chi connectivity index (χ3v) is 2.89. The van der Waals surface area contributed by atoms with Gasteiger partial charge in [-0.3, -0.25) is 4.79 Å². The Labute approximate surface area is 119 Å². The lowest BCUT2D eigenvalue weighted by Gasteiger charge is -2.08. The van der Waals surface area contributed by atoms with Crippen LogP contribution in [-0.4, -0.2) is 32.5 Å². The highest BCUT2D eigenvalue weighted by molar-refractivity contribution is 9.10. The zero-order chi connectivity index (χ0) is 14.3. The Morgan fingerprint density at radius 1 is 1.42 bits per heavy atom. The normalized spacial score (nSPS) is 10.8. The molecule has 1 aromatic carbocycles. The first-order valence-electron chi connectivity index (χ1n) is 5.73. The Kier molecular flexibility index (Phi) is 6.94. The molecular weight excluding hydrogens is 322 g/mol. The van der Waals surface area contributed by atoms with Gasteiger partial charge in [0.25, 0.3) is 6.43 Å². The van der Waals surface area contributed by atoms with Gasteiger partial charge in [0.05, 0.1) is 13.7 Å². The summed E-state index contributed by atoms with van der Waals surface area (Å²) in [6.45, 7) is -0.618. The molecule has 0 aliphatic rings. The molecule has 19 heavy (non-hydrogen) atoms. The molecule has 0 heterocycles. The van der Waals surface area contributed by atoms with Gasteiger partial charge in [-0.2, -0.15) is 0 Å². The first-order chi connectivity index (χ1) is 9.02. The second-order valence-corrected chi connectivity index (χ2v) is 4.80. The summed E-state index contributed by atoms with van der Waals surface area (Å²) < 4.78 is 34.3. The first kappa shape index (κ1) is 16.0. The molecular formula is C13H15BrF2O3. The van der Waals surface area contributed by atoms with Crippen LogP contribution >= 0.6 is 15.9 Å². The monoisotopic (exact) mass is 336 g/mol. The summed E-state index contributed by atoms with van der Waals surface area (Å²) in [6, 6.07) is 5.38. The van der Waals surface area contributed by atoms with E-state index < -0.39 is 13.0 Å². The molecule has 0 saturated heterocycles. The number of ketones is 1. The Balaban J connectivity index is 2.45. The lowest BCUT2D eigenvalue weighted by molar-refractivity contribution is -0.119.